The largest absolute Gasteiger partial charge is 0.373 e. The fraction of sp³-hybridized carbons (Fsp3) is 0.0500. The van der Waals surface area contributed by atoms with E-state index in [9.17, 15) is 4.39 Å². The Bertz CT molecular complexity index is 1100. The van der Waals surface area contributed by atoms with Crippen LogP contribution in [-0.2, 0) is 0 Å². The lowest BCUT2D eigenvalue weighted by Crippen LogP contribution is -1.99. The average Bonchev–Trinajstić information content (AvgIpc) is 2.67. The van der Waals surface area contributed by atoms with E-state index < -0.39 is 0 Å². The lowest BCUT2D eigenvalue weighted by molar-refractivity contribution is 0.631. The van der Waals surface area contributed by atoms with E-state index in [1.165, 1.54) is 6.07 Å². The SMILES string of the molecule is CNc1nc(-c2cccnc2)nc2ccc(-c3ccc(Cl)cc3F)cc12. The average molecular weight is 365 g/mol. The van der Waals surface area contributed by atoms with Crippen LogP contribution < -0.4 is 5.32 Å². The van der Waals surface area contributed by atoms with Crippen molar-refractivity contribution in [3.05, 3.63) is 71.8 Å². The second kappa shape index (κ2) is 6.69. The van der Waals surface area contributed by atoms with Gasteiger partial charge in [0.25, 0.3) is 0 Å². The van der Waals surface area contributed by atoms with Crippen LogP contribution in [0, 0.1) is 5.82 Å². The van der Waals surface area contributed by atoms with Crippen molar-refractivity contribution in [3.8, 4) is 22.5 Å². The molecule has 6 heteroatoms. The van der Waals surface area contributed by atoms with Crippen molar-refractivity contribution in [2.75, 3.05) is 12.4 Å². The summed E-state index contributed by atoms with van der Waals surface area (Å²) in [6.07, 6.45) is 3.43. The molecule has 26 heavy (non-hydrogen) atoms. The zero-order valence-electron chi connectivity index (χ0n) is 13.9. The van der Waals surface area contributed by atoms with Crippen molar-refractivity contribution < 1.29 is 4.39 Å². The summed E-state index contributed by atoms with van der Waals surface area (Å²) in [4.78, 5) is 13.3. The van der Waals surface area contributed by atoms with Crippen LogP contribution in [0.4, 0.5) is 10.2 Å². The molecule has 0 atom stereocenters. The van der Waals surface area contributed by atoms with E-state index >= 15 is 0 Å². The predicted molar refractivity (Wildman–Crippen MR) is 103 cm³/mol. The molecule has 128 valence electrons. The number of hydrogen-bond acceptors (Lipinski definition) is 4. The third-order valence-corrected chi connectivity index (χ3v) is 4.33. The van der Waals surface area contributed by atoms with Gasteiger partial charge >= 0.3 is 0 Å². The van der Waals surface area contributed by atoms with E-state index in [4.69, 9.17) is 11.6 Å². The second-order valence-electron chi connectivity index (χ2n) is 5.74. The smallest absolute Gasteiger partial charge is 0.163 e. The van der Waals surface area contributed by atoms with Gasteiger partial charge in [-0.2, -0.15) is 0 Å². The molecule has 0 spiro atoms. The van der Waals surface area contributed by atoms with E-state index in [0.717, 1.165) is 22.0 Å². The Morgan fingerprint density at radius 2 is 1.88 bits per heavy atom. The first-order valence-corrected chi connectivity index (χ1v) is 8.39. The first kappa shape index (κ1) is 16.4. The minimum absolute atomic E-state index is 0.365. The molecule has 4 rings (SSSR count). The summed E-state index contributed by atoms with van der Waals surface area (Å²) in [6, 6.07) is 14.0. The third-order valence-electron chi connectivity index (χ3n) is 4.09. The third kappa shape index (κ3) is 2.97. The van der Waals surface area contributed by atoms with Gasteiger partial charge in [0.15, 0.2) is 5.82 Å². The summed E-state index contributed by atoms with van der Waals surface area (Å²) in [5, 5.41) is 4.28. The van der Waals surface area contributed by atoms with Crippen molar-refractivity contribution in [3.63, 3.8) is 0 Å². The van der Waals surface area contributed by atoms with Crippen LogP contribution in [0.1, 0.15) is 0 Å². The van der Waals surface area contributed by atoms with Crippen molar-refractivity contribution >= 4 is 28.3 Å². The lowest BCUT2D eigenvalue weighted by Gasteiger charge is -2.10. The van der Waals surface area contributed by atoms with Crippen molar-refractivity contribution in [2.24, 2.45) is 0 Å². The summed E-state index contributed by atoms with van der Waals surface area (Å²) in [5.74, 6) is 0.890. The number of halogens is 2. The van der Waals surface area contributed by atoms with Crippen LogP contribution in [0.5, 0.6) is 0 Å². The van der Waals surface area contributed by atoms with E-state index in [-0.39, 0.29) is 5.82 Å². The minimum atomic E-state index is -0.365. The molecule has 0 fully saturated rings. The quantitative estimate of drug-likeness (QED) is 0.543. The molecule has 4 nitrogen and oxygen atoms in total. The van der Waals surface area contributed by atoms with E-state index in [2.05, 4.69) is 20.3 Å². The molecule has 4 aromatic rings. The number of nitrogens with one attached hydrogen (secondary N) is 1. The van der Waals surface area contributed by atoms with Crippen LogP contribution in [-0.4, -0.2) is 22.0 Å². The van der Waals surface area contributed by atoms with Gasteiger partial charge in [-0.05, 0) is 48.0 Å². The highest BCUT2D eigenvalue weighted by molar-refractivity contribution is 6.30. The Kier molecular flexibility index (Phi) is 4.22. The summed E-state index contributed by atoms with van der Waals surface area (Å²) >= 11 is 5.85. The summed E-state index contributed by atoms with van der Waals surface area (Å²) in [6.45, 7) is 0. The van der Waals surface area contributed by atoms with E-state index in [1.54, 1.807) is 31.6 Å². The van der Waals surface area contributed by atoms with Crippen LogP contribution in [0.25, 0.3) is 33.4 Å². The van der Waals surface area contributed by atoms with Crippen LogP contribution in [0.3, 0.4) is 0 Å². The molecule has 0 radical (unpaired) electrons. The molecule has 0 aliphatic heterocycles. The van der Waals surface area contributed by atoms with Gasteiger partial charge in [0.05, 0.1) is 5.52 Å². The number of rotatable bonds is 3. The van der Waals surface area contributed by atoms with Gasteiger partial charge in [0.2, 0.25) is 0 Å². The van der Waals surface area contributed by atoms with Gasteiger partial charge in [0, 0.05) is 41.0 Å². The Hall–Kier alpha value is -3.05. The van der Waals surface area contributed by atoms with Crippen molar-refractivity contribution in [1.29, 1.82) is 0 Å². The van der Waals surface area contributed by atoms with Crippen molar-refractivity contribution in [1.82, 2.24) is 15.0 Å². The molecule has 0 saturated carbocycles. The van der Waals surface area contributed by atoms with Gasteiger partial charge in [-0.1, -0.05) is 17.7 Å². The number of anilines is 1. The molecule has 0 aliphatic carbocycles. The van der Waals surface area contributed by atoms with Gasteiger partial charge < -0.3 is 5.32 Å². The predicted octanol–water partition coefficient (Wildman–Crippen LogP) is 5.19. The minimum Gasteiger partial charge on any atom is -0.373 e. The maximum Gasteiger partial charge on any atom is 0.163 e. The molecule has 2 aromatic heterocycles. The highest BCUT2D eigenvalue weighted by Crippen LogP contribution is 2.31. The fourth-order valence-electron chi connectivity index (χ4n) is 2.83. The maximum atomic E-state index is 14.3. The van der Waals surface area contributed by atoms with E-state index in [1.807, 2.05) is 30.3 Å². The second-order valence-corrected chi connectivity index (χ2v) is 6.18. The number of aromatic nitrogens is 3. The summed E-state index contributed by atoms with van der Waals surface area (Å²) in [5.41, 5.74) is 2.82. The zero-order chi connectivity index (χ0) is 18.1. The maximum absolute atomic E-state index is 14.3. The van der Waals surface area contributed by atoms with E-state index in [0.29, 0.717) is 22.2 Å². The van der Waals surface area contributed by atoms with Crippen LogP contribution in [0.2, 0.25) is 5.02 Å². The molecule has 2 aromatic carbocycles. The number of nitrogens with zero attached hydrogens (tertiary/aromatic N) is 3. The Morgan fingerprint density at radius 1 is 1.00 bits per heavy atom. The summed E-state index contributed by atoms with van der Waals surface area (Å²) < 4.78 is 14.3. The number of pyridine rings is 1. The fourth-order valence-corrected chi connectivity index (χ4v) is 2.99. The molecular formula is C20H14ClFN4. The van der Waals surface area contributed by atoms with Crippen molar-refractivity contribution in [2.45, 2.75) is 0 Å². The first-order valence-electron chi connectivity index (χ1n) is 8.01. The molecule has 1 N–H and O–H groups in total. The van der Waals surface area contributed by atoms with Gasteiger partial charge in [-0.15, -0.1) is 0 Å². The monoisotopic (exact) mass is 364 g/mol. The standard InChI is InChI=1S/C20H14ClFN4/c1-23-20-16-9-12(15-6-5-14(21)10-17(15)22)4-7-18(16)25-19(26-20)13-3-2-8-24-11-13/h2-11H,1H3,(H,23,25,26). The Morgan fingerprint density at radius 3 is 2.62 bits per heavy atom. The van der Waals surface area contributed by atoms with Crippen LogP contribution in [0.15, 0.2) is 60.9 Å². The molecule has 0 bridgehead atoms. The highest BCUT2D eigenvalue weighted by Gasteiger charge is 2.12. The number of benzene rings is 2. The molecule has 2 heterocycles. The van der Waals surface area contributed by atoms with Gasteiger partial charge in [0.1, 0.15) is 11.6 Å². The molecule has 0 aliphatic rings. The number of hydrogen-bond donors (Lipinski definition) is 1. The Balaban J connectivity index is 1.88. The first-order chi connectivity index (χ1) is 12.7. The normalized spacial score (nSPS) is 10.9. The molecule has 0 amide bonds. The van der Waals surface area contributed by atoms with Gasteiger partial charge in [-0.25, -0.2) is 14.4 Å². The molecule has 0 unspecified atom stereocenters. The number of fused-ring (bicyclic) bond motifs is 1. The van der Waals surface area contributed by atoms with Gasteiger partial charge in [-0.3, -0.25) is 4.98 Å². The molecule has 0 saturated heterocycles. The highest BCUT2D eigenvalue weighted by atomic mass is 35.5. The topological polar surface area (TPSA) is 50.7 Å². The molecular weight excluding hydrogens is 351 g/mol. The lowest BCUT2D eigenvalue weighted by atomic mass is 10.0. The van der Waals surface area contributed by atoms with Crippen LogP contribution >= 0.6 is 11.6 Å². The Labute approximate surface area is 154 Å². The zero-order valence-corrected chi connectivity index (χ0v) is 14.6. The summed E-state index contributed by atoms with van der Waals surface area (Å²) in [7, 11) is 1.80.